The molecular formula is C13H11BrF3NS. The quantitative estimate of drug-likeness (QED) is 0.834. The molecule has 0 amide bonds. The lowest BCUT2D eigenvalue weighted by Crippen LogP contribution is -2.17. The largest absolute Gasteiger partial charge is 0.416 e. The van der Waals surface area contributed by atoms with Crippen LogP contribution in [0.5, 0.6) is 0 Å². The molecule has 1 aromatic heterocycles. The minimum atomic E-state index is -4.33. The molecular weight excluding hydrogens is 339 g/mol. The summed E-state index contributed by atoms with van der Waals surface area (Å²) in [6.45, 7) is 0.769. The predicted octanol–water partition coefficient (Wildman–Crippen LogP) is 4.82. The molecule has 0 aliphatic heterocycles. The SMILES string of the molecule is FC(F)(F)c1cc(Br)ccc1CNCc1cccs1. The van der Waals surface area contributed by atoms with E-state index in [2.05, 4.69) is 21.2 Å². The van der Waals surface area contributed by atoms with Gasteiger partial charge in [0.2, 0.25) is 0 Å². The van der Waals surface area contributed by atoms with Gasteiger partial charge in [0, 0.05) is 22.4 Å². The van der Waals surface area contributed by atoms with Gasteiger partial charge in [0.1, 0.15) is 0 Å². The number of nitrogens with one attached hydrogen (secondary N) is 1. The second-order valence-corrected chi connectivity index (χ2v) is 5.93. The molecule has 0 aliphatic rings. The Kier molecular flexibility index (Phi) is 4.65. The molecule has 0 radical (unpaired) electrons. The Balaban J connectivity index is 2.07. The van der Waals surface area contributed by atoms with Gasteiger partial charge in [-0.15, -0.1) is 11.3 Å². The van der Waals surface area contributed by atoms with Crippen molar-refractivity contribution in [2.24, 2.45) is 0 Å². The average molecular weight is 350 g/mol. The Bertz CT molecular complexity index is 537. The molecule has 1 aromatic carbocycles. The first-order chi connectivity index (χ1) is 8.97. The van der Waals surface area contributed by atoms with Crippen LogP contribution in [0.25, 0.3) is 0 Å². The molecule has 0 unspecified atom stereocenters. The molecule has 2 rings (SSSR count). The van der Waals surface area contributed by atoms with Crippen molar-refractivity contribution in [1.29, 1.82) is 0 Å². The molecule has 0 aliphatic carbocycles. The maximum absolute atomic E-state index is 12.9. The van der Waals surface area contributed by atoms with E-state index in [9.17, 15) is 13.2 Å². The van der Waals surface area contributed by atoms with Crippen molar-refractivity contribution in [2.75, 3.05) is 0 Å². The van der Waals surface area contributed by atoms with E-state index in [1.54, 1.807) is 17.4 Å². The number of hydrogen-bond acceptors (Lipinski definition) is 2. The molecule has 1 nitrogen and oxygen atoms in total. The van der Waals surface area contributed by atoms with Crippen LogP contribution >= 0.6 is 27.3 Å². The molecule has 0 saturated carbocycles. The zero-order valence-corrected chi connectivity index (χ0v) is 12.2. The third kappa shape index (κ3) is 4.06. The van der Waals surface area contributed by atoms with Crippen LogP contribution in [-0.2, 0) is 19.3 Å². The number of halogens is 4. The molecule has 19 heavy (non-hydrogen) atoms. The maximum Gasteiger partial charge on any atom is 0.416 e. The van der Waals surface area contributed by atoms with Gasteiger partial charge in [-0.25, -0.2) is 0 Å². The second kappa shape index (κ2) is 6.07. The van der Waals surface area contributed by atoms with Gasteiger partial charge in [-0.3, -0.25) is 0 Å². The fourth-order valence-corrected chi connectivity index (χ4v) is 2.74. The molecule has 0 atom stereocenters. The number of alkyl halides is 3. The van der Waals surface area contributed by atoms with E-state index in [-0.39, 0.29) is 12.1 Å². The Morgan fingerprint density at radius 1 is 1.16 bits per heavy atom. The molecule has 0 fully saturated rings. The molecule has 1 N–H and O–H groups in total. The van der Waals surface area contributed by atoms with Crippen LogP contribution < -0.4 is 5.32 Å². The molecule has 2 aromatic rings. The summed E-state index contributed by atoms with van der Waals surface area (Å²) >= 11 is 4.65. The summed E-state index contributed by atoms with van der Waals surface area (Å²) in [4.78, 5) is 1.10. The predicted molar refractivity (Wildman–Crippen MR) is 74.0 cm³/mol. The summed E-state index contributed by atoms with van der Waals surface area (Å²) < 4.78 is 39.1. The summed E-state index contributed by atoms with van der Waals surface area (Å²) in [6.07, 6.45) is -4.33. The third-order valence-electron chi connectivity index (χ3n) is 2.57. The van der Waals surface area contributed by atoms with Gasteiger partial charge >= 0.3 is 6.18 Å². The van der Waals surface area contributed by atoms with E-state index in [0.717, 1.165) is 10.9 Å². The molecule has 0 bridgehead atoms. The maximum atomic E-state index is 12.9. The molecule has 102 valence electrons. The van der Waals surface area contributed by atoms with Gasteiger partial charge in [0.25, 0.3) is 0 Å². The van der Waals surface area contributed by atoms with Gasteiger partial charge in [-0.05, 0) is 29.1 Å². The van der Waals surface area contributed by atoms with Crippen molar-refractivity contribution >= 4 is 27.3 Å². The normalized spacial score (nSPS) is 11.8. The standard InChI is InChI=1S/C13H11BrF3NS/c14-10-4-3-9(12(6-10)13(15,16)17)7-18-8-11-2-1-5-19-11/h1-6,18H,7-8H2. The van der Waals surface area contributed by atoms with Crippen LogP contribution in [0.4, 0.5) is 13.2 Å². The molecule has 0 spiro atoms. The second-order valence-electron chi connectivity index (χ2n) is 3.98. The Labute approximate surface area is 121 Å². The van der Waals surface area contributed by atoms with Crippen molar-refractivity contribution < 1.29 is 13.2 Å². The Hall–Kier alpha value is -0.850. The van der Waals surface area contributed by atoms with Gasteiger partial charge in [0.15, 0.2) is 0 Å². The lowest BCUT2D eigenvalue weighted by Gasteiger charge is -2.13. The molecule has 1 heterocycles. The van der Waals surface area contributed by atoms with Crippen molar-refractivity contribution in [3.05, 3.63) is 56.2 Å². The first-order valence-electron chi connectivity index (χ1n) is 5.55. The van der Waals surface area contributed by atoms with E-state index >= 15 is 0 Å². The van der Waals surface area contributed by atoms with Crippen molar-refractivity contribution in [3.8, 4) is 0 Å². The fourth-order valence-electron chi connectivity index (χ4n) is 1.70. The molecule has 0 saturated heterocycles. The van der Waals surface area contributed by atoms with Crippen LogP contribution in [0.2, 0.25) is 0 Å². The summed E-state index contributed by atoms with van der Waals surface area (Å²) in [6, 6.07) is 8.10. The summed E-state index contributed by atoms with van der Waals surface area (Å²) in [5.41, 5.74) is -0.340. The van der Waals surface area contributed by atoms with Crippen molar-refractivity contribution in [2.45, 2.75) is 19.3 Å². The average Bonchev–Trinajstić information content (AvgIpc) is 2.83. The van der Waals surface area contributed by atoms with Crippen LogP contribution in [0, 0.1) is 0 Å². The highest BCUT2D eigenvalue weighted by Gasteiger charge is 2.33. The van der Waals surface area contributed by atoms with Gasteiger partial charge in [-0.2, -0.15) is 13.2 Å². The Morgan fingerprint density at radius 3 is 2.58 bits per heavy atom. The highest BCUT2D eigenvalue weighted by molar-refractivity contribution is 9.10. The molecule has 6 heteroatoms. The van der Waals surface area contributed by atoms with Crippen LogP contribution in [0.15, 0.2) is 40.2 Å². The fraction of sp³-hybridized carbons (Fsp3) is 0.231. The van der Waals surface area contributed by atoms with Crippen LogP contribution in [0.1, 0.15) is 16.0 Å². The number of rotatable bonds is 4. The highest BCUT2D eigenvalue weighted by Crippen LogP contribution is 2.33. The van der Waals surface area contributed by atoms with E-state index in [1.807, 2.05) is 17.5 Å². The van der Waals surface area contributed by atoms with E-state index in [1.165, 1.54) is 6.07 Å². The smallest absolute Gasteiger partial charge is 0.308 e. The number of thiophene rings is 1. The number of hydrogen-bond donors (Lipinski definition) is 1. The van der Waals surface area contributed by atoms with Gasteiger partial charge < -0.3 is 5.32 Å². The Morgan fingerprint density at radius 2 is 1.95 bits per heavy atom. The zero-order valence-electron chi connectivity index (χ0n) is 9.80. The monoisotopic (exact) mass is 349 g/mol. The summed E-state index contributed by atoms with van der Waals surface area (Å²) in [7, 11) is 0. The van der Waals surface area contributed by atoms with E-state index in [4.69, 9.17) is 0 Å². The van der Waals surface area contributed by atoms with E-state index < -0.39 is 11.7 Å². The minimum absolute atomic E-state index is 0.194. The van der Waals surface area contributed by atoms with Gasteiger partial charge in [-0.1, -0.05) is 28.1 Å². The first-order valence-corrected chi connectivity index (χ1v) is 7.23. The highest BCUT2D eigenvalue weighted by atomic mass is 79.9. The van der Waals surface area contributed by atoms with Crippen molar-refractivity contribution in [3.63, 3.8) is 0 Å². The van der Waals surface area contributed by atoms with Crippen LogP contribution in [0.3, 0.4) is 0 Å². The summed E-state index contributed by atoms with van der Waals surface area (Å²) in [5, 5.41) is 4.97. The third-order valence-corrected chi connectivity index (χ3v) is 3.94. The number of benzene rings is 1. The lowest BCUT2D eigenvalue weighted by molar-refractivity contribution is -0.138. The lowest BCUT2D eigenvalue weighted by atomic mass is 10.1. The van der Waals surface area contributed by atoms with E-state index in [0.29, 0.717) is 11.0 Å². The van der Waals surface area contributed by atoms with Crippen LogP contribution in [-0.4, -0.2) is 0 Å². The zero-order chi connectivity index (χ0) is 13.9. The van der Waals surface area contributed by atoms with Crippen molar-refractivity contribution in [1.82, 2.24) is 5.32 Å². The first kappa shape index (κ1) is 14.6. The topological polar surface area (TPSA) is 12.0 Å². The minimum Gasteiger partial charge on any atom is -0.308 e. The summed E-state index contributed by atoms with van der Waals surface area (Å²) in [5.74, 6) is 0. The van der Waals surface area contributed by atoms with Gasteiger partial charge in [0.05, 0.1) is 5.56 Å².